The SMILES string of the molecule is Cc1nn(C)c(C)c1CNC(=O)c1ccc(COc2ccc([N+](=O)[O-])cc2)o1. The molecule has 3 rings (SSSR count). The van der Waals surface area contributed by atoms with Gasteiger partial charge >= 0.3 is 0 Å². The number of aryl methyl sites for hydroxylation is 2. The minimum atomic E-state index is -0.476. The van der Waals surface area contributed by atoms with E-state index in [9.17, 15) is 14.9 Å². The highest BCUT2D eigenvalue weighted by Crippen LogP contribution is 2.19. The zero-order chi connectivity index (χ0) is 20.3. The first-order valence-electron chi connectivity index (χ1n) is 8.58. The van der Waals surface area contributed by atoms with Gasteiger partial charge in [-0.1, -0.05) is 0 Å². The van der Waals surface area contributed by atoms with E-state index in [4.69, 9.17) is 9.15 Å². The molecule has 0 unspecified atom stereocenters. The summed E-state index contributed by atoms with van der Waals surface area (Å²) in [5, 5.41) is 17.8. The molecule has 0 radical (unpaired) electrons. The Balaban J connectivity index is 1.55. The van der Waals surface area contributed by atoms with E-state index in [2.05, 4.69) is 10.4 Å². The van der Waals surface area contributed by atoms with Crippen LogP contribution in [0.15, 0.2) is 40.8 Å². The summed E-state index contributed by atoms with van der Waals surface area (Å²) in [5.41, 5.74) is 2.83. The number of carbonyl (C=O) groups excluding carboxylic acids is 1. The van der Waals surface area contributed by atoms with Crippen LogP contribution in [0.25, 0.3) is 0 Å². The average molecular weight is 384 g/mol. The molecular formula is C19H20N4O5. The van der Waals surface area contributed by atoms with Crippen LogP contribution in [0.3, 0.4) is 0 Å². The molecule has 1 aromatic carbocycles. The van der Waals surface area contributed by atoms with Crippen LogP contribution in [0.2, 0.25) is 0 Å². The van der Waals surface area contributed by atoms with Gasteiger partial charge in [0.25, 0.3) is 11.6 Å². The summed E-state index contributed by atoms with van der Waals surface area (Å²) < 4.78 is 12.8. The number of nitrogens with zero attached hydrogens (tertiary/aromatic N) is 3. The van der Waals surface area contributed by atoms with Crippen molar-refractivity contribution in [3.05, 3.63) is 75.0 Å². The fraction of sp³-hybridized carbons (Fsp3) is 0.263. The van der Waals surface area contributed by atoms with Crippen molar-refractivity contribution in [2.24, 2.45) is 7.05 Å². The highest BCUT2D eigenvalue weighted by molar-refractivity contribution is 5.91. The number of nitro benzene ring substituents is 1. The van der Waals surface area contributed by atoms with Crippen molar-refractivity contribution in [2.45, 2.75) is 27.0 Å². The molecule has 2 aromatic heterocycles. The van der Waals surface area contributed by atoms with Crippen molar-refractivity contribution in [1.29, 1.82) is 0 Å². The molecule has 0 spiro atoms. The Hall–Kier alpha value is -3.62. The van der Waals surface area contributed by atoms with E-state index in [-0.39, 0.29) is 24.0 Å². The Morgan fingerprint density at radius 1 is 1.25 bits per heavy atom. The van der Waals surface area contributed by atoms with E-state index in [1.807, 2.05) is 20.9 Å². The summed E-state index contributed by atoms with van der Waals surface area (Å²) in [6.07, 6.45) is 0. The van der Waals surface area contributed by atoms with Gasteiger partial charge in [0.05, 0.1) is 10.6 Å². The molecule has 9 nitrogen and oxygen atoms in total. The van der Waals surface area contributed by atoms with Gasteiger partial charge in [-0.25, -0.2) is 0 Å². The second-order valence-corrected chi connectivity index (χ2v) is 6.26. The summed E-state index contributed by atoms with van der Waals surface area (Å²) in [6, 6.07) is 8.96. The van der Waals surface area contributed by atoms with Crippen molar-refractivity contribution in [3.63, 3.8) is 0 Å². The van der Waals surface area contributed by atoms with E-state index in [1.54, 1.807) is 16.8 Å². The van der Waals surface area contributed by atoms with Crippen LogP contribution in [0.5, 0.6) is 5.75 Å². The van der Waals surface area contributed by atoms with E-state index in [0.717, 1.165) is 17.0 Å². The van der Waals surface area contributed by atoms with Crippen molar-refractivity contribution in [1.82, 2.24) is 15.1 Å². The maximum atomic E-state index is 12.3. The van der Waals surface area contributed by atoms with Crippen LogP contribution in [-0.2, 0) is 20.2 Å². The number of ether oxygens (including phenoxy) is 1. The first kappa shape index (κ1) is 19.2. The third-order valence-corrected chi connectivity index (χ3v) is 4.40. The van der Waals surface area contributed by atoms with Crippen molar-refractivity contribution >= 4 is 11.6 Å². The van der Waals surface area contributed by atoms with Crippen LogP contribution >= 0.6 is 0 Å². The fourth-order valence-electron chi connectivity index (χ4n) is 2.73. The van der Waals surface area contributed by atoms with Gasteiger partial charge in [0.15, 0.2) is 5.76 Å². The molecule has 1 N–H and O–H groups in total. The van der Waals surface area contributed by atoms with E-state index in [1.165, 1.54) is 24.3 Å². The summed E-state index contributed by atoms with van der Waals surface area (Å²) in [5.74, 6) is 0.790. The standard InChI is InChI=1S/C19H20N4O5/c1-12-17(13(2)22(3)21-12)10-20-19(24)18-9-8-16(28-18)11-27-15-6-4-14(5-7-15)23(25)26/h4-9H,10-11H2,1-3H3,(H,20,24). The molecule has 28 heavy (non-hydrogen) atoms. The number of furan rings is 1. The Labute approximate surface area is 161 Å². The van der Waals surface area contributed by atoms with Crippen LogP contribution in [0, 0.1) is 24.0 Å². The summed E-state index contributed by atoms with van der Waals surface area (Å²) in [6.45, 7) is 4.31. The molecule has 0 saturated carbocycles. The second kappa shape index (κ2) is 7.95. The zero-order valence-electron chi connectivity index (χ0n) is 15.8. The largest absolute Gasteiger partial charge is 0.486 e. The molecule has 2 heterocycles. The number of amides is 1. The predicted octanol–water partition coefficient (Wildman–Crippen LogP) is 3.05. The highest BCUT2D eigenvalue weighted by Gasteiger charge is 2.14. The first-order valence-corrected chi connectivity index (χ1v) is 8.58. The van der Waals surface area contributed by atoms with Gasteiger partial charge in [0.2, 0.25) is 0 Å². The molecule has 0 fully saturated rings. The Kier molecular flexibility index (Phi) is 5.44. The van der Waals surface area contributed by atoms with Gasteiger partial charge in [0, 0.05) is 37.0 Å². The zero-order valence-corrected chi connectivity index (χ0v) is 15.8. The summed E-state index contributed by atoms with van der Waals surface area (Å²) >= 11 is 0. The molecule has 3 aromatic rings. The molecule has 0 atom stereocenters. The van der Waals surface area contributed by atoms with Crippen LogP contribution in [0.4, 0.5) is 5.69 Å². The molecule has 9 heteroatoms. The van der Waals surface area contributed by atoms with Crippen LogP contribution in [0.1, 0.15) is 33.3 Å². The lowest BCUT2D eigenvalue weighted by Gasteiger charge is -2.05. The summed E-state index contributed by atoms with van der Waals surface area (Å²) in [7, 11) is 1.86. The molecule has 0 aliphatic heterocycles. The van der Waals surface area contributed by atoms with E-state index < -0.39 is 4.92 Å². The number of nitro groups is 1. The molecule has 0 saturated heterocycles. The van der Waals surface area contributed by atoms with Gasteiger partial charge in [0.1, 0.15) is 18.1 Å². The second-order valence-electron chi connectivity index (χ2n) is 6.26. The average Bonchev–Trinajstić information content (AvgIpc) is 3.24. The van der Waals surface area contributed by atoms with Gasteiger partial charge in [-0.2, -0.15) is 5.10 Å². The van der Waals surface area contributed by atoms with Crippen molar-refractivity contribution in [2.75, 3.05) is 0 Å². The fourth-order valence-corrected chi connectivity index (χ4v) is 2.73. The molecule has 0 aliphatic carbocycles. The molecule has 0 bridgehead atoms. The Morgan fingerprint density at radius 3 is 2.57 bits per heavy atom. The number of benzene rings is 1. The number of carbonyl (C=O) groups is 1. The smallest absolute Gasteiger partial charge is 0.287 e. The number of hydrogen-bond acceptors (Lipinski definition) is 6. The minimum absolute atomic E-state index is 0.0107. The maximum Gasteiger partial charge on any atom is 0.287 e. The predicted molar refractivity (Wildman–Crippen MR) is 100.0 cm³/mol. The van der Waals surface area contributed by atoms with Crippen LogP contribution in [-0.4, -0.2) is 20.6 Å². The lowest BCUT2D eigenvalue weighted by Crippen LogP contribution is -2.23. The van der Waals surface area contributed by atoms with Gasteiger partial charge in [-0.15, -0.1) is 0 Å². The maximum absolute atomic E-state index is 12.3. The van der Waals surface area contributed by atoms with Crippen molar-refractivity contribution in [3.8, 4) is 5.75 Å². The lowest BCUT2D eigenvalue weighted by molar-refractivity contribution is -0.384. The van der Waals surface area contributed by atoms with Gasteiger partial charge < -0.3 is 14.5 Å². The number of rotatable bonds is 7. The normalized spacial score (nSPS) is 10.7. The monoisotopic (exact) mass is 384 g/mol. The lowest BCUT2D eigenvalue weighted by atomic mass is 10.2. The topological polar surface area (TPSA) is 112 Å². The molecular weight excluding hydrogens is 364 g/mol. The Morgan fingerprint density at radius 2 is 1.96 bits per heavy atom. The minimum Gasteiger partial charge on any atom is -0.486 e. The van der Waals surface area contributed by atoms with Crippen LogP contribution < -0.4 is 10.1 Å². The Bertz CT molecular complexity index is 1000. The van der Waals surface area contributed by atoms with Gasteiger partial charge in [-0.05, 0) is 38.1 Å². The van der Waals surface area contributed by atoms with E-state index >= 15 is 0 Å². The first-order chi connectivity index (χ1) is 13.3. The number of nitrogens with one attached hydrogen (secondary N) is 1. The third kappa shape index (κ3) is 4.20. The molecule has 0 aliphatic rings. The molecule has 1 amide bonds. The van der Waals surface area contributed by atoms with E-state index in [0.29, 0.717) is 18.1 Å². The van der Waals surface area contributed by atoms with Crippen molar-refractivity contribution < 1.29 is 18.9 Å². The quantitative estimate of drug-likeness (QED) is 0.495. The highest BCUT2D eigenvalue weighted by atomic mass is 16.6. The van der Waals surface area contributed by atoms with Gasteiger partial charge in [-0.3, -0.25) is 19.6 Å². The number of non-ortho nitro benzene ring substituents is 1. The summed E-state index contributed by atoms with van der Waals surface area (Å²) in [4.78, 5) is 22.5. The number of hydrogen-bond donors (Lipinski definition) is 1. The number of aromatic nitrogens is 2. The third-order valence-electron chi connectivity index (χ3n) is 4.40. The molecule has 146 valence electrons.